The lowest BCUT2D eigenvalue weighted by molar-refractivity contribution is 0.148. The molecule has 0 saturated heterocycles. The highest BCUT2D eigenvalue weighted by atomic mass is 32.2. The molecule has 0 spiro atoms. The van der Waals surface area contributed by atoms with Gasteiger partial charge in [0.05, 0.1) is 28.2 Å². The Hall–Kier alpha value is -4.89. The minimum Gasteiger partial charge on any atom is -0.382 e. The minimum absolute atomic E-state index is 0.00178. The Morgan fingerprint density at radius 1 is 0.932 bits per heavy atom. The summed E-state index contributed by atoms with van der Waals surface area (Å²) in [5.41, 5.74) is 12.8. The smallest absolute Gasteiger partial charge is 0.265 e. The number of sulfonamides is 1. The number of aromatic nitrogens is 5. The summed E-state index contributed by atoms with van der Waals surface area (Å²) in [6.07, 6.45) is 2.60. The molecule has 0 unspecified atom stereocenters. The first-order valence-electron chi connectivity index (χ1n) is 13.3. The molecular formula is C29H29F3N8O3S. The molecule has 5 aromatic rings. The maximum Gasteiger partial charge on any atom is 0.265 e. The summed E-state index contributed by atoms with van der Waals surface area (Å²) in [7, 11) is -4.65. The fourth-order valence-electron chi connectivity index (χ4n) is 3.99. The number of rotatable bonds is 8. The number of fused-ring (bicyclic) bond motifs is 1. The second kappa shape index (κ2) is 13.6. The number of hydrogen-bond acceptors (Lipinski definition) is 10. The van der Waals surface area contributed by atoms with E-state index >= 15 is 4.39 Å². The van der Waals surface area contributed by atoms with Crippen molar-refractivity contribution in [3.05, 3.63) is 77.9 Å². The van der Waals surface area contributed by atoms with Crippen LogP contribution in [-0.2, 0) is 14.8 Å². The van der Waals surface area contributed by atoms with Gasteiger partial charge in [0.2, 0.25) is 5.95 Å². The second-order valence-corrected chi connectivity index (χ2v) is 10.9. The molecule has 0 aliphatic carbocycles. The summed E-state index contributed by atoms with van der Waals surface area (Å²) >= 11 is 0. The molecule has 5 rings (SSSR count). The van der Waals surface area contributed by atoms with E-state index in [-0.39, 0.29) is 34.4 Å². The number of benzene rings is 2. The highest BCUT2D eigenvalue weighted by Gasteiger charge is 2.23. The van der Waals surface area contributed by atoms with Crippen LogP contribution in [0.5, 0.6) is 0 Å². The van der Waals surface area contributed by atoms with Crippen LogP contribution in [0.25, 0.3) is 33.7 Å². The van der Waals surface area contributed by atoms with E-state index in [2.05, 4.69) is 31.8 Å². The van der Waals surface area contributed by atoms with Gasteiger partial charge in [-0.2, -0.15) is 0 Å². The topological polar surface area (TPSA) is 172 Å². The van der Waals surface area contributed by atoms with E-state index in [0.29, 0.717) is 28.9 Å². The van der Waals surface area contributed by atoms with Gasteiger partial charge in [0, 0.05) is 25.0 Å². The average molecular weight is 627 g/mol. The Labute approximate surface area is 251 Å². The van der Waals surface area contributed by atoms with Crippen molar-refractivity contribution in [3.63, 3.8) is 0 Å². The summed E-state index contributed by atoms with van der Waals surface area (Å²) < 4.78 is 75.2. The first-order valence-corrected chi connectivity index (χ1v) is 14.8. The first-order chi connectivity index (χ1) is 20.9. The number of anilines is 3. The Morgan fingerprint density at radius 2 is 1.70 bits per heavy atom. The molecule has 0 aliphatic heterocycles. The summed E-state index contributed by atoms with van der Waals surface area (Å²) in [5, 5.41) is 0. The Morgan fingerprint density at radius 3 is 2.39 bits per heavy atom. The van der Waals surface area contributed by atoms with E-state index < -0.39 is 38.1 Å². The van der Waals surface area contributed by atoms with Gasteiger partial charge < -0.3 is 16.2 Å². The minimum atomic E-state index is -4.65. The zero-order valence-corrected chi connectivity index (χ0v) is 24.8. The Kier molecular flexibility index (Phi) is 9.90. The molecule has 44 heavy (non-hydrogen) atoms. The third-order valence-electron chi connectivity index (χ3n) is 6.06. The van der Waals surface area contributed by atoms with Crippen molar-refractivity contribution in [1.29, 1.82) is 0 Å². The quantitative estimate of drug-likeness (QED) is 0.193. The zero-order chi connectivity index (χ0) is 32.0. The van der Waals surface area contributed by atoms with Crippen molar-refractivity contribution in [2.24, 2.45) is 0 Å². The molecule has 11 nitrogen and oxygen atoms in total. The van der Waals surface area contributed by atoms with Crippen LogP contribution in [-0.4, -0.2) is 46.6 Å². The summed E-state index contributed by atoms with van der Waals surface area (Å²) in [6, 6.07) is 8.81. The Balaban J connectivity index is 0.000000670. The fraction of sp³-hybridized carbons (Fsp3) is 0.207. The van der Waals surface area contributed by atoms with Crippen molar-refractivity contribution >= 4 is 38.5 Å². The van der Waals surface area contributed by atoms with Crippen LogP contribution in [0.15, 0.2) is 59.6 Å². The molecule has 15 heteroatoms. The molecule has 0 aliphatic rings. The standard InChI is InChI=1S/C24H17F3N8O2S.C5H12O/c1-11-14(10-30-24(29)31-11)23-33-18-8-7-16(32-21(18)22(28)34-23)13-3-2-4-17(20(13)27)35-38(36,37)19-9-12(25)5-6-15(19)26;1-3-5-6-4-2/h2-10,35H,1H3,(H2,28,33,34)(H2,29,30,31);3-5H2,1-2H3. The van der Waals surface area contributed by atoms with E-state index in [4.69, 9.17) is 16.2 Å². The van der Waals surface area contributed by atoms with Gasteiger partial charge in [0.25, 0.3) is 10.0 Å². The molecule has 5 N–H and O–H groups in total. The molecule has 0 amide bonds. The molecule has 230 valence electrons. The van der Waals surface area contributed by atoms with Crippen molar-refractivity contribution < 1.29 is 26.3 Å². The van der Waals surface area contributed by atoms with E-state index in [9.17, 15) is 17.2 Å². The summed E-state index contributed by atoms with van der Waals surface area (Å²) in [6.45, 7) is 7.60. The maximum atomic E-state index is 15.4. The highest BCUT2D eigenvalue weighted by Crippen LogP contribution is 2.31. The lowest BCUT2D eigenvalue weighted by Crippen LogP contribution is -2.16. The van der Waals surface area contributed by atoms with E-state index in [1.54, 1.807) is 13.0 Å². The number of aryl methyl sites for hydroxylation is 1. The number of ether oxygens (including phenoxy) is 1. The largest absolute Gasteiger partial charge is 0.382 e. The van der Waals surface area contributed by atoms with Gasteiger partial charge in [-0.15, -0.1) is 0 Å². The number of nitrogens with two attached hydrogens (primary N) is 2. The summed E-state index contributed by atoms with van der Waals surface area (Å²) in [4.78, 5) is 20.2. The third-order valence-corrected chi connectivity index (χ3v) is 7.44. The van der Waals surface area contributed by atoms with Gasteiger partial charge in [0.15, 0.2) is 17.5 Å². The van der Waals surface area contributed by atoms with Gasteiger partial charge in [0.1, 0.15) is 22.0 Å². The number of nitrogen functional groups attached to an aromatic ring is 2. The lowest BCUT2D eigenvalue weighted by atomic mass is 10.1. The van der Waals surface area contributed by atoms with Gasteiger partial charge in [-0.05, 0) is 62.7 Å². The van der Waals surface area contributed by atoms with Gasteiger partial charge in [-0.25, -0.2) is 46.5 Å². The van der Waals surface area contributed by atoms with Crippen LogP contribution < -0.4 is 16.2 Å². The molecule has 0 atom stereocenters. The molecule has 0 saturated carbocycles. The molecule has 2 aromatic carbocycles. The molecule has 0 radical (unpaired) electrons. The predicted molar refractivity (Wildman–Crippen MR) is 161 cm³/mol. The molecule has 0 bridgehead atoms. The zero-order valence-electron chi connectivity index (χ0n) is 24.0. The van der Waals surface area contributed by atoms with Gasteiger partial charge in [-0.1, -0.05) is 13.0 Å². The van der Waals surface area contributed by atoms with Crippen molar-refractivity contribution in [2.45, 2.75) is 32.1 Å². The molecule has 3 heterocycles. The second-order valence-electron chi connectivity index (χ2n) is 9.27. The fourth-order valence-corrected chi connectivity index (χ4v) is 5.14. The lowest BCUT2D eigenvalue weighted by Gasteiger charge is -2.13. The molecule has 0 fully saturated rings. The Bertz CT molecular complexity index is 1920. The maximum absolute atomic E-state index is 15.4. The molecular weight excluding hydrogens is 597 g/mol. The number of nitrogens with zero attached hydrogens (tertiary/aromatic N) is 5. The number of halogens is 3. The summed E-state index contributed by atoms with van der Waals surface area (Å²) in [5.74, 6) is -2.81. The van der Waals surface area contributed by atoms with Crippen LogP contribution in [0.1, 0.15) is 26.0 Å². The van der Waals surface area contributed by atoms with Gasteiger partial charge in [-0.3, -0.25) is 4.72 Å². The van der Waals surface area contributed by atoms with Crippen LogP contribution >= 0.6 is 0 Å². The predicted octanol–water partition coefficient (Wildman–Crippen LogP) is 5.27. The van der Waals surface area contributed by atoms with Crippen LogP contribution in [0.2, 0.25) is 0 Å². The molecule has 3 aromatic heterocycles. The third kappa shape index (κ3) is 7.18. The van der Waals surface area contributed by atoms with Crippen molar-refractivity contribution in [3.8, 4) is 22.6 Å². The monoisotopic (exact) mass is 626 g/mol. The van der Waals surface area contributed by atoms with E-state index in [1.807, 2.05) is 11.6 Å². The highest BCUT2D eigenvalue weighted by molar-refractivity contribution is 7.92. The number of pyridine rings is 1. The van der Waals surface area contributed by atoms with Crippen LogP contribution in [0.3, 0.4) is 0 Å². The van der Waals surface area contributed by atoms with E-state index in [0.717, 1.165) is 31.8 Å². The van der Waals surface area contributed by atoms with Crippen LogP contribution in [0, 0.1) is 24.4 Å². The average Bonchev–Trinajstić information content (AvgIpc) is 2.98. The number of hydrogen-bond donors (Lipinski definition) is 3. The first kappa shape index (κ1) is 32.0. The van der Waals surface area contributed by atoms with Crippen molar-refractivity contribution in [2.75, 3.05) is 29.4 Å². The van der Waals surface area contributed by atoms with E-state index in [1.165, 1.54) is 24.4 Å². The number of nitrogens with one attached hydrogen (secondary N) is 1. The van der Waals surface area contributed by atoms with Crippen LogP contribution in [0.4, 0.5) is 30.6 Å². The van der Waals surface area contributed by atoms with Crippen molar-refractivity contribution in [1.82, 2.24) is 24.9 Å². The SMILES string of the molecule is CCCOCC.Cc1nc(N)ncc1-c1nc(N)c2nc(-c3cccc(NS(=O)(=O)c4cc(F)ccc4F)c3F)ccc2n1. The van der Waals surface area contributed by atoms with Gasteiger partial charge >= 0.3 is 0 Å². The normalized spacial score (nSPS) is 11.2.